The predicted octanol–water partition coefficient (Wildman–Crippen LogP) is 1.47. The summed E-state index contributed by atoms with van der Waals surface area (Å²) in [5, 5.41) is 31.2. The summed E-state index contributed by atoms with van der Waals surface area (Å²) >= 11 is 0. The molecule has 0 aromatic rings. The van der Waals surface area contributed by atoms with Gasteiger partial charge in [-0.1, -0.05) is 19.1 Å². The molecule has 0 radical (unpaired) electrons. The van der Waals surface area contributed by atoms with Gasteiger partial charge in [0.15, 0.2) is 0 Å². The zero-order valence-corrected chi connectivity index (χ0v) is 10.8. The number of hydrogen-bond acceptors (Lipinski definition) is 3. The molecular formula is C14H24O3. The molecular weight excluding hydrogens is 216 g/mol. The molecule has 98 valence electrons. The van der Waals surface area contributed by atoms with E-state index in [4.69, 9.17) is 0 Å². The first kappa shape index (κ1) is 13.1. The van der Waals surface area contributed by atoms with Crippen LogP contribution in [-0.2, 0) is 0 Å². The molecule has 0 heterocycles. The van der Waals surface area contributed by atoms with Crippen LogP contribution in [0.1, 0.15) is 39.5 Å². The summed E-state index contributed by atoms with van der Waals surface area (Å²) in [7, 11) is 0. The van der Waals surface area contributed by atoms with Crippen molar-refractivity contribution in [1.29, 1.82) is 0 Å². The van der Waals surface area contributed by atoms with Gasteiger partial charge in [-0.2, -0.15) is 0 Å². The Morgan fingerprint density at radius 1 is 1.18 bits per heavy atom. The van der Waals surface area contributed by atoms with Crippen LogP contribution in [0.3, 0.4) is 0 Å². The van der Waals surface area contributed by atoms with Gasteiger partial charge in [0.2, 0.25) is 0 Å². The Kier molecular flexibility index (Phi) is 3.36. The van der Waals surface area contributed by atoms with Crippen molar-refractivity contribution < 1.29 is 15.3 Å². The van der Waals surface area contributed by atoms with E-state index in [1.807, 2.05) is 13.8 Å². The van der Waals surface area contributed by atoms with Crippen molar-refractivity contribution >= 4 is 0 Å². The van der Waals surface area contributed by atoms with Gasteiger partial charge in [0, 0.05) is 5.92 Å². The summed E-state index contributed by atoms with van der Waals surface area (Å²) in [6.07, 6.45) is 1.66. The summed E-state index contributed by atoms with van der Waals surface area (Å²) < 4.78 is 0. The number of aliphatic hydroxyl groups excluding tert-OH is 2. The van der Waals surface area contributed by atoms with Crippen LogP contribution in [0.4, 0.5) is 0 Å². The maximum atomic E-state index is 10.9. The van der Waals surface area contributed by atoms with Crippen LogP contribution < -0.4 is 0 Å². The number of hydrogen-bond donors (Lipinski definition) is 3. The standard InChI is InChI=1S/C14H24O3/c1-8(2)10-5-4-9(3)14(17)12(16)7-6-11(15)13(10)14/h9-13,15-17H,1,4-7H2,2-3H3/t9-,10+,11-,12+,13-,14+/m1/s1. The van der Waals surface area contributed by atoms with E-state index < -0.39 is 17.8 Å². The van der Waals surface area contributed by atoms with Gasteiger partial charge in [-0.15, -0.1) is 0 Å². The summed E-state index contributed by atoms with van der Waals surface area (Å²) in [4.78, 5) is 0. The van der Waals surface area contributed by atoms with E-state index in [2.05, 4.69) is 6.58 Å². The Morgan fingerprint density at radius 2 is 1.82 bits per heavy atom. The number of fused-ring (bicyclic) bond motifs is 1. The van der Waals surface area contributed by atoms with E-state index in [1.165, 1.54) is 0 Å². The number of rotatable bonds is 1. The second kappa shape index (κ2) is 4.38. The average Bonchev–Trinajstić information content (AvgIpc) is 2.26. The fourth-order valence-electron chi connectivity index (χ4n) is 3.91. The zero-order chi connectivity index (χ0) is 12.8. The van der Waals surface area contributed by atoms with Gasteiger partial charge in [-0.05, 0) is 44.4 Å². The summed E-state index contributed by atoms with van der Waals surface area (Å²) in [6, 6.07) is 0. The lowest BCUT2D eigenvalue weighted by atomic mass is 9.55. The second-order valence-electron chi connectivity index (χ2n) is 6.00. The minimum atomic E-state index is -1.14. The minimum Gasteiger partial charge on any atom is -0.393 e. The van der Waals surface area contributed by atoms with Crippen LogP contribution >= 0.6 is 0 Å². The molecule has 2 saturated carbocycles. The molecule has 0 amide bonds. The largest absolute Gasteiger partial charge is 0.393 e. The molecule has 2 aliphatic carbocycles. The summed E-state index contributed by atoms with van der Waals surface area (Å²) in [5.41, 5.74) is -0.132. The van der Waals surface area contributed by atoms with E-state index in [1.54, 1.807) is 0 Å². The predicted molar refractivity (Wildman–Crippen MR) is 66.4 cm³/mol. The molecule has 3 heteroatoms. The fraction of sp³-hybridized carbons (Fsp3) is 0.857. The SMILES string of the molecule is C=C(C)[C@@H]1CC[C@@H](C)[C@@]2(O)[C@H]1[C@H](O)CC[C@@H]2O. The monoisotopic (exact) mass is 240 g/mol. The van der Waals surface area contributed by atoms with Crippen LogP contribution in [0.25, 0.3) is 0 Å². The average molecular weight is 240 g/mol. The molecule has 0 aliphatic heterocycles. The molecule has 2 aliphatic rings. The summed E-state index contributed by atoms with van der Waals surface area (Å²) in [5.74, 6) is -0.0956. The lowest BCUT2D eigenvalue weighted by Gasteiger charge is -2.55. The molecule has 0 unspecified atom stereocenters. The van der Waals surface area contributed by atoms with Gasteiger partial charge in [0.05, 0.1) is 17.8 Å². The lowest BCUT2D eigenvalue weighted by molar-refractivity contribution is -0.222. The Morgan fingerprint density at radius 3 is 2.41 bits per heavy atom. The summed E-state index contributed by atoms with van der Waals surface area (Å²) in [6.45, 7) is 7.91. The van der Waals surface area contributed by atoms with E-state index in [-0.39, 0.29) is 17.8 Å². The van der Waals surface area contributed by atoms with Crippen molar-refractivity contribution in [1.82, 2.24) is 0 Å². The Bertz CT molecular complexity index is 309. The van der Waals surface area contributed by atoms with E-state index in [0.717, 1.165) is 18.4 Å². The minimum absolute atomic E-state index is 0.0352. The van der Waals surface area contributed by atoms with Gasteiger partial charge >= 0.3 is 0 Å². The maximum absolute atomic E-state index is 10.9. The highest BCUT2D eigenvalue weighted by Gasteiger charge is 2.57. The quantitative estimate of drug-likeness (QED) is 0.608. The molecule has 6 atom stereocenters. The van der Waals surface area contributed by atoms with Gasteiger partial charge in [-0.3, -0.25) is 0 Å². The fourth-order valence-corrected chi connectivity index (χ4v) is 3.91. The smallest absolute Gasteiger partial charge is 0.0988 e. The van der Waals surface area contributed by atoms with Crippen molar-refractivity contribution in [2.24, 2.45) is 17.8 Å². The van der Waals surface area contributed by atoms with Gasteiger partial charge < -0.3 is 15.3 Å². The zero-order valence-electron chi connectivity index (χ0n) is 10.8. The first-order chi connectivity index (χ1) is 7.89. The van der Waals surface area contributed by atoms with E-state index in [9.17, 15) is 15.3 Å². The normalized spacial score (nSPS) is 50.8. The lowest BCUT2D eigenvalue weighted by Crippen LogP contribution is -2.64. The highest BCUT2D eigenvalue weighted by atomic mass is 16.3. The van der Waals surface area contributed by atoms with Crippen LogP contribution in [0.5, 0.6) is 0 Å². The topological polar surface area (TPSA) is 60.7 Å². The van der Waals surface area contributed by atoms with Gasteiger partial charge in [-0.25, -0.2) is 0 Å². The molecule has 2 rings (SSSR count). The van der Waals surface area contributed by atoms with Crippen LogP contribution in [0.2, 0.25) is 0 Å². The van der Waals surface area contributed by atoms with Crippen LogP contribution in [-0.4, -0.2) is 33.1 Å². The molecule has 3 nitrogen and oxygen atoms in total. The Hall–Kier alpha value is -0.380. The first-order valence-corrected chi connectivity index (χ1v) is 6.63. The third-order valence-electron chi connectivity index (χ3n) is 4.98. The third kappa shape index (κ3) is 1.85. The molecule has 0 aromatic carbocycles. The number of allylic oxidation sites excluding steroid dienone is 1. The Labute approximate surface area is 103 Å². The molecule has 0 aromatic heterocycles. The molecule has 0 bridgehead atoms. The van der Waals surface area contributed by atoms with E-state index in [0.29, 0.717) is 12.8 Å². The Balaban J connectivity index is 2.38. The highest BCUT2D eigenvalue weighted by molar-refractivity contribution is 5.14. The van der Waals surface area contributed by atoms with Crippen molar-refractivity contribution in [3.63, 3.8) is 0 Å². The van der Waals surface area contributed by atoms with Gasteiger partial charge in [0.1, 0.15) is 0 Å². The molecule has 3 N–H and O–H groups in total. The first-order valence-electron chi connectivity index (χ1n) is 6.63. The van der Waals surface area contributed by atoms with Crippen LogP contribution in [0, 0.1) is 17.8 Å². The molecule has 17 heavy (non-hydrogen) atoms. The molecule has 0 saturated heterocycles. The van der Waals surface area contributed by atoms with Crippen molar-refractivity contribution in [3.05, 3.63) is 12.2 Å². The number of aliphatic hydroxyl groups is 3. The second-order valence-corrected chi connectivity index (χ2v) is 6.00. The van der Waals surface area contributed by atoms with Gasteiger partial charge in [0.25, 0.3) is 0 Å². The molecule has 2 fully saturated rings. The highest BCUT2D eigenvalue weighted by Crippen LogP contribution is 2.51. The van der Waals surface area contributed by atoms with E-state index >= 15 is 0 Å². The van der Waals surface area contributed by atoms with Crippen molar-refractivity contribution in [2.45, 2.75) is 57.3 Å². The maximum Gasteiger partial charge on any atom is 0.0988 e. The van der Waals surface area contributed by atoms with Crippen LogP contribution in [0.15, 0.2) is 12.2 Å². The van der Waals surface area contributed by atoms with Crippen molar-refractivity contribution in [3.8, 4) is 0 Å². The third-order valence-corrected chi connectivity index (χ3v) is 4.98. The molecule has 0 spiro atoms. The van der Waals surface area contributed by atoms with Crippen molar-refractivity contribution in [2.75, 3.05) is 0 Å².